The largest absolute Gasteiger partial charge is 0.335 e. The number of hydrogen-bond acceptors (Lipinski definition) is 4. The Bertz CT molecular complexity index is 552. The van der Waals surface area contributed by atoms with Gasteiger partial charge in [0.25, 0.3) is 5.91 Å². The molecular formula is C13H15N3O2S. The molecule has 0 aromatic carbocycles. The summed E-state index contributed by atoms with van der Waals surface area (Å²) in [6.45, 7) is 1.25. The maximum Gasteiger partial charge on any atom is 0.273 e. The van der Waals surface area contributed by atoms with Crippen LogP contribution in [0.2, 0.25) is 0 Å². The van der Waals surface area contributed by atoms with E-state index in [4.69, 9.17) is 5.73 Å². The second-order valence-corrected chi connectivity index (χ2v) is 5.74. The van der Waals surface area contributed by atoms with Gasteiger partial charge < -0.3 is 10.6 Å². The minimum atomic E-state index is -0.803. The molecular weight excluding hydrogens is 262 g/mol. The Hall–Kier alpha value is -1.71. The van der Waals surface area contributed by atoms with Crippen molar-refractivity contribution in [2.24, 2.45) is 5.73 Å². The Morgan fingerprint density at radius 2 is 2.21 bits per heavy atom. The van der Waals surface area contributed by atoms with Crippen molar-refractivity contribution in [2.45, 2.75) is 0 Å². The molecule has 0 saturated carbocycles. The number of rotatable bonds is 1. The van der Waals surface area contributed by atoms with E-state index in [-0.39, 0.29) is 12.5 Å². The normalized spacial score (nSPS) is 15.7. The molecule has 1 saturated heterocycles. The van der Waals surface area contributed by atoms with Gasteiger partial charge in [-0.1, -0.05) is 11.8 Å². The highest BCUT2D eigenvalue weighted by molar-refractivity contribution is 7.85. The summed E-state index contributed by atoms with van der Waals surface area (Å²) in [4.78, 5) is 18.1. The highest BCUT2D eigenvalue weighted by Gasteiger charge is 2.23. The SMILES string of the molecule is NCC#Cc1cccnc1C(=O)N1CCS(=O)CC1. The summed E-state index contributed by atoms with van der Waals surface area (Å²) in [6, 6.07) is 3.49. The zero-order valence-corrected chi connectivity index (χ0v) is 11.3. The fourth-order valence-electron chi connectivity index (χ4n) is 1.81. The zero-order chi connectivity index (χ0) is 13.7. The van der Waals surface area contributed by atoms with Gasteiger partial charge in [0.2, 0.25) is 0 Å². The van der Waals surface area contributed by atoms with Crippen molar-refractivity contribution in [1.82, 2.24) is 9.88 Å². The summed E-state index contributed by atoms with van der Waals surface area (Å²) in [5.41, 5.74) is 6.27. The number of pyridine rings is 1. The summed E-state index contributed by atoms with van der Waals surface area (Å²) in [7, 11) is -0.803. The fourth-order valence-corrected chi connectivity index (χ4v) is 2.87. The van der Waals surface area contributed by atoms with Crippen LogP contribution in [0, 0.1) is 11.8 Å². The van der Waals surface area contributed by atoms with Crippen LogP contribution >= 0.6 is 0 Å². The van der Waals surface area contributed by atoms with Gasteiger partial charge in [-0.3, -0.25) is 9.00 Å². The third-order valence-electron chi connectivity index (χ3n) is 2.80. The Morgan fingerprint density at radius 1 is 1.47 bits per heavy atom. The molecule has 0 bridgehead atoms. The van der Waals surface area contributed by atoms with Crippen molar-refractivity contribution < 1.29 is 9.00 Å². The van der Waals surface area contributed by atoms with Gasteiger partial charge in [0, 0.05) is 41.6 Å². The van der Waals surface area contributed by atoms with E-state index in [9.17, 15) is 9.00 Å². The molecule has 0 aliphatic carbocycles. The quantitative estimate of drug-likeness (QED) is 0.708. The highest BCUT2D eigenvalue weighted by Crippen LogP contribution is 2.10. The van der Waals surface area contributed by atoms with Crippen molar-refractivity contribution in [1.29, 1.82) is 0 Å². The van der Waals surface area contributed by atoms with Crippen LogP contribution in [0.5, 0.6) is 0 Å². The second-order valence-electron chi connectivity index (χ2n) is 4.05. The number of nitrogens with zero attached hydrogens (tertiary/aromatic N) is 2. The van der Waals surface area contributed by atoms with Crippen LogP contribution in [0.4, 0.5) is 0 Å². The molecule has 2 heterocycles. The van der Waals surface area contributed by atoms with Crippen molar-refractivity contribution in [3.05, 3.63) is 29.6 Å². The molecule has 1 aromatic rings. The summed E-state index contributed by atoms with van der Waals surface area (Å²) < 4.78 is 11.3. The monoisotopic (exact) mass is 277 g/mol. The number of hydrogen-bond donors (Lipinski definition) is 1. The van der Waals surface area contributed by atoms with Crippen LogP contribution in [0.15, 0.2) is 18.3 Å². The number of amides is 1. The molecule has 1 aliphatic heterocycles. The third kappa shape index (κ3) is 3.40. The van der Waals surface area contributed by atoms with E-state index in [0.29, 0.717) is 35.9 Å². The molecule has 1 fully saturated rings. The molecule has 2 N–H and O–H groups in total. The predicted octanol–water partition coefficient (Wildman–Crippen LogP) is -0.404. The van der Waals surface area contributed by atoms with Crippen molar-refractivity contribution in [2.75, 3.05) is 31.1 Å². The predicted molar refractivity (Wildman–Crippen MR) is 73.9 cm³/mol. The molecule has 0 atom stereocenters. The highest BCUT2D eigenvalue weighted by atomic mass is 32.2. The van der Waals surface area contributed by atoms with Crippen molar-refractivity contribution >= 4 is 16.7 Å². The maximum atomic E-state index is 12.4. The summed E-state index contributed by atoms with van der Waals surface area (Å²) in [5.74, 6) is 6.49. The molecule has 1 aromatic heterocycles. The van der Waals surface area contributed by atoms with Gasteiger partial charge in [0.05, 0.1) is 12.1 Å². The van der Waals surface area contributed by atoms with E-state index in [0.717, 1.165) is 0 Å². The summed E-state index contributed by atoms with van der Waals surface area (Å²) in [6.07, 6.45) is 1.57. The van der Waals surface area contributed by atoms with E-state index < -0.39 is 10.8 Å². The summed E-state index contributed by atoms with van der Waals surface area (Å²) >= 11 is 0. The van der Waals surface area contributed by atoms with Gasteiger partial charge in [0.1, 0.15) is 5.69 Å². The molecule has 1 aliphatic rings. The van der Waals surface area contributed by atoms with Gasteiger partial charge in [-0.25, -0.2) is 4.98 Å². The molecule has 6 heteroatoms. The van der Waals surface area contributed by atoms with E-state index in [1.165, 1.54) is 0 Å². The molecule has 5 nitrogen and oxygen atoms in total. The van der Waals surface area contributed by atoms with Gasteiger partial charge >= 0.3 is 0 Å². The Labute approximate surface area is 114 Å². The standard InChI is InChI=1S/C13H15N3O2S/c14-5-1-3-11-4-2-6-15-12(11)13(17)16-7-9-19(18)10-8-16/h2,4,6H,5,7-10,14H2. The number of carbonyl (C=O) groups is 1. The molecule has 2 rings (SSSR count). The molecule has 1 amide bonds. The first-order valence-electron chi connectivity index (χ1n) is 6.00. The van der Waals surface area contributed by atoms with Gasteiger partial charge in [0.15, 0.2) is 0 Å². The molecule has 0 unspecified atom stereocenters. The first-order chi connectivity index (χ1) is 9.22. The van der Waals surface area contributed by atoms with Gasteiger partial charge in [-0.2, -0.15) is 0 Å². The van der Waals surface area contributed by atoms with Crippen LogP contribution < -0.4 is 5.73 Å². The van der Waals surface area contributed by atoms with E-state index in [1.54, 1.807) is 23.2 Å². The van der Waals surface area contributed by atoms with E-state index >= 15 is 0 Å². The van der Waals surface area contributed by atoms with Crippen LogP contribution in [-0.2, 0) is 10.8 Å². The fraction of sp³-hybridized carbons (Fsp3) is 0.385. The Morgan fingerprint density at radius 3 is 2.89 bits per heavy atom. The minimum Gasteiger partial charge on any atom is -0.335 e. The number of aromatic nitrogens is 1. The van der Waals surface area contributed by atoms with Gasteiger partial charge in [-0.05, 0) is 12.1 Å². The van der Waals surface area contributed by atoms with E-state index in [2.05, 4.69) is 16.8 Å². The lowest BCUT2D eigenvalue weighted by atomic mass is 10.1. The molecule has 0 spiro atoms. The lowest BCUT2D eigenvalue weighted by molar-refractivity contribution is 0.0765. The third-order valence-corrected chi connectivity index (χ3v) is 4.08. The first-order valence-corrected chi connectivity index (χ1v) is 7.49. The van der Waals surface area contributed by atoms with Crippen molar-refractivity contribution in [3.63, 3.8) is 0 Å². The minimum absolute atomic E-state index is 0.154. The lowest BCUT2D eigenvalue weighted by Crippen LogP contribution is -2.42. The molecule has 19 heavy (non-hydrogen) atoms. The average Bonchev–Trinajstić information content (AvgIpc) is 2.45. The van der Waals surface area contributed by atoms with Crippen LogP contribution in [0.25, 0.3) is 0 Å². The lowest BCUT2D eigenvalue weighted by Gasteiger charge is -2.26. The van der Waals surface area contributed by atoms with E-state index in [1.807, 2.05) is 0 Å². The molecule has 100 valence electrons. The smallest absolute Gasteiger partial charge is 0.273 e. The Balaban J connectivity index is 2.21. The number of nitrogens with two attached hydrogens (primary N) is 1. The maximum absolute atomic E-state index is 12.4. The van der Waals surface area contributed by atoms with Crippen LogP contribution in [0.1, 0.15) is 16.1 Å². The number of carbonyl (C=O) groups excluding carboxylic acids is 1. The molecule has 0 radical (unpaired) electrons. The second kappa shape index (κ2) is 6.45. The van der Waals surface area contributed by atoms with Gasteiger partial charge in [-0.15, -0.1) is 0 Å². The zero-order valence-electron chi connectivity index (χ0n) is 10.5. The summed E-state index contributed by atoms with van der Waals surface area (Å²) in [5, 5.41) is 0. The van der Waals surface area contributed by atoms with Crippen molar-refractivity contribution in [3.8, 4) is 11.8 Å². The first kappa shape index (κ1) is 13.7. The van der Waals surface area contributed by atoms with Crippen LogP contribution in [-0.4, -0.2) is 51.1 Å². The average molecular weight is 277 g/mol. The topological polar surface area (TPSA) is 76.3 Å². The Kier molecular flexibility index (Phi) is 4.66. The van der Waals surface area contributed by atoms with Crippen LogP contribution in [0.3, 0.4) is 0 Å².